The predicted octanol–water partition coefficient (Wildman–Crippen LogP) is 1.65. The van der Waals surface area contributed by atoms with E-state index in [0.717, 1.165) is 5.56 Å². The summed E-state index contributed by atoms with van der Waals surface area (Å²) in [5.74, 6) is -0.395. The third-order valence-corrected chi connectivity index (χ3v) is 4.37. The number of hydrogen-bond acceptors (Lipinski definition) is 5. The van der Waals surface area contributed by atoms with Gasteiger partial charge in [-0.1, -0.05) is 17.7 Å². The Kier molecular flexibility index (Phi) is 5.00. The van der Waals surface area contributed by atoms with Gasteiger partial charge in [0, 0.05) is 12.7 Å². The fraction of sp³-hybridized carbons (Fsp3) is 0.312. The molecule has 2 amide bonds. The van der Waals surface area contributed by atoms with Gasteiger partial charge in [-0.15, -0.1) is 0 Å². The van der Waals surface area contributed by atoms with Gasteiger partial charge < -0.3 is 21.1 Å². The van der Waals surface area contributed by atoms with E-state index in [1.807, 2.05) is 0 Å². The third-order valence-electron chi connectivity index (χ3n) is 4.08. The van der Waals surface area contributed by atoms with E-state index in [0.29, 0.717) is 30.8 Å². The van der Waals surface area contributed by atoms with Crippen LogP contribution >= 0.6 is 11.6 Å². The van der Waals surface area contributed by atoms with Gasteiger partial charge in [-0.3, -0.25) is 0 Å². The number of hydrogen-bond donors (Lipinski definition) is 3. The lowest BCUT2D eigenvalue weighted by atomic mass is 10.1. The topological polar surface area (TPSA) is 104 Å². The Bertz CT molecular complexity index is 804. The fourth-order valence-electron chi connectivity index (χ4n) is 2.70. The van der Waals surface area contributed by atoms with E-state index in [2.05, 4.69) is 15.3 Å². The Labute approximate surface area is 148 Å². The van der Waals surface area contributed by atoms with E-state index in [-0.39, 0.29) is 23.6 Å². The number of rotatable bonds is 3. The molecule has 0 bridgehead atoms. The number of nitrogens with two attached hydrogens (primary N) is 1. The molecule has 1 atom stereocenters. The van der Waals surface area contributed by atoms with Gasteiger partial charge in [0.1, 0.15) is 5.82 Å². The van der Waals surface area contributed by atoms with E-state index < -0.39 is 11.9 Å². The molecule has 1 aromatic heterocycles. The smallest absolute Gasteiger partial charge is 0.318 e. The molecular weight excluding hydrogens is 349 g/mol. The third kappa shape index (κ3) is 3.80. The number of carbonyl (C=O) groups excluding carboxylic acids is 1. The molecule has 0 aliphatic carbocycles. The van der Waals surface area contributed by atoms with Crippen LogP contribution in [0.3, 0.4) is 0 Å². The molecule has 3 rings (SSSR count). The van der Waals surface area contributed by atoms with Gasteiger partial charge in [0.2, 0.25) is 5.95 Å². The molecule has 25 heavy (non-hydrogen) atoms. The summed E-state index contributed by atoms with van der Waals surface area (Å²) in [6.45, 7) is 0.456. The maximum atomic E-state index is 13.3. The average molecular weight is 366 g/mol. The van der Waals surface area contributed by atoms with E-state index >= 15 is 0 Å². The van der Waals surface area contributed by atoms with Crippen molar-refractivity contribution in [1.82, 2.24) is 20.2 Å². The minimum atomic E-state index is -0.692. The average Bonchev–Trinajstić information content (AvgIpc) is 2.61. The van der Waals surface area contributed by atoms with E-state index in [1.54, 1.807) is 11.1 Å². The maximum Gasteiger partial charge on any atom is 0.318 e. The molecule has 132 valence electrons. The van der Waals surface area contributed by atoms with Crippen LogP contribution < -0.4 is 11.1 Å². The highest BCUT2D eigenvalue weighted by Gasteiger charge is 2.24. The number of urea groups is 1. The molecular formula is C16H17ClFN5O2. The lowest BCUT2D eigenvalue weighted by molar-refractivity contribution is 0.176. The number of anilines is 1. The van der Waals surface area contributed by atoms with Crippen molar-refractivity contribution in [2.45, 2.75) is 19.0 Å². The van der Waals surface area contributed by atoms with Crippen LogP contribution in [0.2, 0.25) is 5.02 Å². The summed E-state index contributed by atoms with van der Waals surface area (Å²) in [7, 11) is 0. The summed E-state index contributed by atoms with van der Waals surface area (Å²) in [5, 5.41) is 12.2. The number of carbonyl (C=O) groups is 1. The minimum absolute atomic E-state index is 0.0655. The molecule has 1 aromatic carbocycles. The second-order valence-electron chi connectivity index (χ2n) is 5.73. The monoisotopic (exact) mass is 365 g/mol. The Hall–Kier alpha value is -2.45. The van der Waals surface area contributed by atoms with Crippen LogP contribution in [0.5, 0.6) is 0 Å². The highest BCUT2D eigenvalue weighted by Crippen LogP contribution is 2.22. The first-order valence-corrected chi connectivity index (χ1v) is 8.07. The molecule has 9 heteroatoms. The Balaban J connectivity index is 1.71. The summed E-state index contributed by atoms with van der Waals surface area (Å²) in [6.07, 6.45) is 2.29. The number of nitrogens with zero attached hydrogens (tertiary/aromatic N) is 3. The van der Waals surface area contributed by atoms with E-state index in [4.69, 9.17) is 17.3 Å². The summed E-state index contributed by atoms with van der Waals surface area (Å²) in [6, 6.07) is 3.01. The van der Waals surface area contributed by atoms with Crippen LogP contribution in [0.25, 0.3) is 0 Å². The molecule has 0 spiro atoms. The van der Waals surface area contributed by atoms with Crippen molar-refractivity contribution in [3.05, 3.63) is 52.1 Å². The maximum absolute atomic E-state index is 13.3. The second kappa shape index (κ2) is 7.20. The molecule has 2 heterocycles. The van der Waals surface area contributed by atoms with Crippen molar-refractivity contribution < 1.29 is 14.3 Å². The number of fused-ring (bicyclic) bond motifs is 1. The fourth-order valence-corrected chi connectivity index (χ4v) is 2.88. The van der Waals surface area contributed by atoms with E-state index in [1.165, 1.54) is 18.2 Å². The summed E-state index contributed by atoms with van der Waals surface area (Å²) in [4.78, 5) is 22.2. The second-order valence-corrected chi connectivity index (χ2v) is 6.14. The number of nitrogens with one attached hydrogen (secondary N) is 1. The summed E-state index contributed by atoms with van der Waals surface area (Å²) < 4.78 is 13.3. The highest BCUT2D eigenvalue weighted by molar-refractivity contribution is 6.30. The first kappa shape index (κ1) is 17.4. The molecule has 0 saturated carbocycles. The van der Waals surface area contributed by atoms with Crippen LogP contribution in [-0.2, 0) is 13.0 Å². The Morgan fingerprint density at radius 3 is 3.04 bits per heavy atom. The number of halogens is 2. The minimum Gasteiger partial charge on any atom is -0.394 e. The van der Waals surface area contributed by atoms with Crippen molar-refractivity contribution in [2.24, 2.45) is 0 Å². The van der Waals surface area contributed by atoms with Gasteiger partial charge >= 0.3 is 6.03 Å². The zero-order valence-electron chi connectivity index (χ0n) is 13.2. The number of nitrogen functional groups attached to an aromatic ring is 1. The number of aromatic nitrogens is 2. The van der Waals surface area contributed by atoms with Crippen molar-refractivity contribution in [2.75, 3.05) is 18.9 Å². The number of benzene rings is 1. The lowest BCUT2D eigenvalue weighted by Crippen LogP contribution is -2.45. The summed E-state index contributed by atoms with van der Waals surface area (Å²) >= 11 is 5.77. The number of aliphatic hydroxyl groups is 1. The first-order valence-electron chi connectivity index (χ1n) is 7.69. The van der Waals surface area contributed by atoms with Crippen LogP contribution in [0.15, 0.2) is 24.4 Å². The number of aliphatic hydroxyl groups excluding tert-OH is 1. The SMILES string of the molecule is Nc1ncc2c(n1)CN(C(=O)NC(CO)c1ccc(F)c(Cl)c1)CC2. The molecule has 0 fully saturated rings. The quantitative estimate of drug-likeness (QED) is 0.767. The normalized spacial score (nSPS) is 14.8. The highest BCUT2D eigenvalue weighted by atomic mass is 35.5. The van der Waals surface area contributed by atoms with Crippen LogP contribution in [-0.4, -0.2) is 39.2 Å². The van der Waals surface area contributed by atoms with Crippen molar-refractivity contribution >= 4 is 23.6 Å². The van der Waals surface area contributed by atoms with Gasteiger partial charge in [0.15, 0.2) is 0 Å². The van der Waals surface area contributed by atoms with Gasteiger partial charge in [0.05, 0.1) is 29.9 Å². The molecule has 0 radical (unpaired) electrons. The zero-order valence-corrected chi connectivity index (χ0v) is 14.0. The standard InChI is InChI=1S/C16H17ClFN5O2/c17-11-5-9(1-2-12(11)18)14(8-24)22-16(25)23-4-3-10-6-20-15(19)21-13(10)7-23/h1-2,5-6,14,24H,3-4,7-8H2,(H,22,25)(H2,19,20,21). The largest absolute Gasteiger partial charge is 0.394 e. The van der Waals surface area contributed by atoms with Crippen molar-refractivity contribution in [3.8, 4) is 0 Å². The Morgan fingerprint density at radius 2 is 2.32 bits per heavy atom. The Morgan fingerprint density at radius 1 is 1.52 bits per heavy atom. The van der Waals surface area contributed by atoms with E-state index in [9.17, 15) is 14.3 Å². The summed E-state index contributed by atoms with van der Waals surface area (Å²) in [5.41, 5.74) is 7.78. The molecule has 1 aliphatic heterocycles. The lowest BCUT2D eigenvalue weighted by Gasteiger charge is -2.29. The van der Waals surface area contributed by atoms with Gasteiger partial charge in [-0.05, 0) is 29.7 Å². The zero-order chi connectivity index (χ0) is 18.0. The van der Waals surface area contributed by atoms with Crippen LogP contribution in [0.4, 0.5) is 15.1 Å². The molecule has 1 unspecified atom stereocenters. The molecule has 1 aliphatic rings. The van der Waals surface area contributed by atoms with Crippen LogP contribution in [0, 0.1) is 5.82 Å². The first-order chi connectivity index (χ1) is 12.0. The van der Waals surface area contributed by atoms with Gasteiger partial charge in [0.25, 0.3) is 0 Å². The van der Waals surface area contributed by atoms with Gasteiger partial charge in [-0.25, -0.2) is 19.2 Å². The molecule has 0 saturated heterocycles. The molecule has 7 nitrogen and oxygen atoms in total. The molecule has 4 N–H and O–H groups in total. The predicted molar refractivity (Wildman–Crippen MR) is 90.3 cm³/mol. The van der Waals surface area contributed by atoms with Crippen molar-refractivity contribution in [3.63, 3.8) is 0 Å². The molecule has 2 aromatic rings. The van der Waals surface area contributed by atoms with Crippen molar-refractivity contribution in [1.29, 1.82) is 0 Å². The van der Waals surface area contributed by atoms with Crippen LogP contribution in [0.1, 0.15) is 22.9 Å². The van der Waals surface area contributed by atoms with Gasteiger partial charge in [-0.2, -0.15) is 0 Å². The number of amides is 2.